The number of nitrogens with zero attached hydrogens (tertiary/aromatic N) is 1. The fourth-order valence-corrected chi connectivity index (χ4v) is 3.21. The number of aromatic amines is 1. The van der Waals surface area contributed by atoms with Gasteiger partial charge in [-0.25, -0.2) is 5.43 Å². The van der Waals surface area contributed by atoms with Crippen LogP contribution in [0.5, 0.6) is 11.5 Å². The summed E-state index contributed by atoms with van der Waals surface area (Å²) in [6.07, 6.45) is 4.28. The standard InChI is InChI=1S/C21H19N3O3/c1-26-19-8-7-13(10-20(19)27-2)9-18-16(21(25)24-23-18)11-14-12-22-17-6-4-3-5-15(14)17/h3-8,10-12,22H,9H2,1-2H3,(H,24,25). The Bertz CT molecular complexity index is 1080. The maximum Gasteiger partial charge on any atom is 0.273 e. The number of methoxy groups -OCH3 is 2. The molecule has 1 aliphatic heterocycles. The van der Waals surface area contributed by atoms with Gasteiger partial charge in [0.2, 0.25) is 0 Å². The highest BCUT2D eigenvalue weighted by atomic mass is 16.5. The van der Waals surface area contributed by atoms with Crippen LogP contribution in [0, 0.1) is 0 Å². The topological polar surface area (TPSA) is 75.7 Å². The van der Waals surface area contributed by atoms with Crippen LogP contribution in [0.2, 0.25) is 0 Å². The van der Waals surface area contributed by atoms with Gasteiger partial charge in [0.05, 0.1) is 25.5 Å². The van der Waals surface area contributed by atoms with Gasteiger partial charge in [-0.3, -0.25) is 4.79 Å². The Morgan fingerprint density at radius 3 is 2.70 bits per heavy atom. The zero-order valence-corrected chi connectivity index (χ0v) is 15.1. The van der Waals surface area contributed by atoms with Crippen molar-refractivity contribution in [2.75, 3.05) is 14.2 Å². The van der Waals surface area contributed by atoms with Crippen LogP contribution in [-0.4, -0.2) is 30.8 Å². The predicted octanol–water partition coefficient (Wildman–Crippen LogP) is 3.30. The van der Waals surface area contributed by atoms with Gasteiger partial charge in [-0.2, -0.15) is 5.10 Å². The van der Waals surface area contributed by atoms with Crippen LogP contribution in [0.1, 0.15) is 11.1 Å². The van der Waals surface area contributed by atoms with Gasteiger partial charge in [0.1, 0.15) is 0 Å². The second-order valence-corrected chi connectivity index (χ2v) is 6.21. The number of carbonyl (C=O) groups is 1. The molecule has 0 aliphatic carbocycles. The number of nitrogens with one attached hydrogen (secondary N) is 2. The van der Waals surface area contributed by atoms with Crippen molar-refractivity contribution in [1.29, 1.82) is 0 Å². The zero-order valence-electron chi connectivity index (χ0n) is 15.1. The van der Waals surface area contributed by atoms with Gasteiger partial charge in [0, 0.05) is 29.1 Å². The molecule has 2 N–H and O–H groups in total. The molecule has 0 fully saturated rings. The number of carbonyl (C=O) groups excluding carboxylic acids is 1. The summed E-state index contributed by atoms with van der Waals surface area (Å²) in [7, 11) is 3.20. The van der Waals surface area contributed by atoms with Crippen molar-refractivity contribution < 1.29 is 14.3 Å². The number of hydrazone groups is 1. The quantitative estimate of drug-likeness (QED) is 0.685. The Balaban J connectivity index is 1.66. The number of ether oxygens (including phenoxy) is 2. The van der Waals surface area contributed by atoms with E-state index < -0.39 is 0 Å². The largest absolute Gasteiger partial charge is 0.493 e. The van der Waals surface area contributed by atoms with E-state index in [1.807, 2.05) is 54.7 Å². The molecular formula is C21H19N3O3. The highest BCUT2D eigenvalue weighted by Crippen LogP contribution is 2.29. The third kappa shape index (κ3) is 3.17. The molecular weight excluding hydrogens is 342 g/mol. The Morgan fingerprint density at radius 2 is 1.89 bits per heavy atom. The number of amides is 1. The van der Waals surface area contributed by atoms with Crippen molar-refractivity contribution in [3.8, 4) is 11.5 Å². The molecule has 0 radical (unpaired) electrons. The lowest BCUT2D eigenvalue weighted by Gasteiger charge is -2.09. The van der Waals surface area contributed by atoms with E-state index in [1.165, 1.54) is 0 Å². The molecule has 4 rings (SSSR count). The van der Waals surface area contributed by atoms with Crippen LogP contribution in [0.4, 0.5) is 0 Å². The number of fused-ring (bicyclic) bond motifs is 1. The number of hydrogen-bond acceptors (Lipinski definition) is 4. The third-order valence-electron chi connectivity index (χ3n) is 4.59. The second-order valence-electron chi connectivity index (χ2n) is 6.21. The summed E-state index contributed by atoms with van der Waals surface area (Å²) in [5.41, 5.74) is 6.79. The minimum Gasteiger partial charge on any atom is -0.493 e. The van der Waals surface area contributed by atoms with Gasteiger partial charge in [-0.1, -0.05) is 24.3 Å². The number of hydrogen-bond donors (Lipinski definition) is 2. The zero-order chi connectivity index (χ0) is 18.8. The number of H-pyrrole nitrogens is 1. The summed E-state index contributed by atoms with van der Waals surface area (Å²) < 4.78 is 10.6. The van der Waals surface area contributed by atoms with Gasteiger partial charge >= 0.3 is 0 Å². The maximum absolute atomic E-state index is 12.3. The second kappa shape index (κ2) is 6.99. The molecule has 2 heterocycles. The summed E-state index contributed by atoms with van der Waals surface area (Å²) in [5, 5.41) is 5.28. The van der Waals surface area contributed by atoms with E-state index in [2.05, 4.69) is 15.5 Å². The lowest BCUT2D eigenvalue weighted by atomic mass is 10.00. The van der Waals surface area contributed by atoms with Gasteiger partial charge in [-0.05, 0) is 29.8 Å². The van der Waals surface area contributed by atoms with Crippen molar-refractivity contribution in [2.45, 2.75) is 6.42 Å². The summed E-state index contributed by atoms with van der Waals surface area (Å²) in [5.74, 6) is 1.11. The first-order valence-electron chi connectivity index (χ1n) is 8.55. The van der Waals surface area contributed by atoms with Crippen LogP contribution in [0.25, 0.3) is 17.0 Å². The van der Waals surface area contributed by atoms with Crippen molar-refractivity contribution in [3.63, 3.8) is 0 Å². The lowest BCUT2D eigenvalue weighted by molar-refractivity contribution is -0.116. The van der Waals surface area contributed by atoms with Crippen LogP contribution >= 0.6 is 0 Å². The lowest BCUT2D eigenvalue weighted by Crippen LogP contribution is -2.14. The van der Waals surface area contributed by atoms with E-state index in [0.717, 1.165) is 22.0 Å². The predicted molar refractivity (Wildman–Crippen MR) is 105 cm³/mol. The molecule has 1 aromatic heterocycles. The summed E-state index contributed by atoms with van der Waals surface area (Å²) in [6, 6.07) is 13.7. The minimum atomic E-state index is -0.198. The van der Waals surface area contributed by atoms with E-state index in [0.29, 0.717) is 29.2 Å². The van der Waals surface area contributed by atoms with Gasteiger partial charge in [0.25, 0.3) is 5.91 Å². The molecule has 0 atom stereocenters. The van der Waals surface area contributed by atoms with Gasteiger partial charge in [0.15, 0.2) is 11.5 Å². The SMILES string of the molecule is COc1ccc(CC2=NNC(=O)C2=Cc2c[nH]c3ccccc23)cc1OC. The fraction of sp³-hybridized carbons (Fsp3) is 0.143. The van der Waals surface area contributed by atoms with Crippen molar-refractivity contribution >= 4 is 28.6 Å². The minimum absolute atomic E-state index is 0.198. The van der Waals surface area contributed by atoms with Crippen molar-refractivity contribution in [1.82, 2.24) is 10.4 Å². The molecule has 2 aromatic carbocycles. The maximum atomic E-state index is 12.3. The molecule has 27 heavy (non-hydrogen) atoms. The Hall–Kier alpha value is -3.54. The molecule has 3 aromatic rings. The fourth-order valence-electron chi connectivity index (χ4n) is 3.21. The average molecular weight is 361 g/mol. The van der Waals surface area contributed by atoms with Crippen LogP contribution in [0.3, 0.4) is 0 Å². The number of benzene rings is 2. The smallest absolute Gasteiger partial charge is 0.273 e. The third-order valence-corrected chi connectivity index (χ3v) is 4.59. The van der Waals surface area contributed by atoms with E-state index in [9.17, 15) is 4.79 Å². The highest BCUT2D eigenvalue weighted by Gasteiger charge is 2.23. The molecule has 6 nitrogen and oxygen atoms in total. The normalized spacial score (nSPS) is 15.1. The van der Waals surface area contributed by atoms with Crippen molar-refractivity contribution in [2.24, 2.45) is 5.10 Å². The Kier molecular flexibility index (Phi) is 4.38. The first kappa shape index (κ1) is 16.9. The molecule has 0 unspecified atom stereocenters. The molecule has 0 saturated heterocycles. The monoisotopic (exact) mass is 361 g/mol. The summed E-state index contributed by atoms with van der Waals surface area (Å²) >= 11 is 0. The van der Waals surface area contributed by atoms with Crippen LogP contribution in [-0.2, 0) is 11.2 Å². The van der Waals surface area contributed by atoms with E-state index in [1.54, 1.807) is 14.2 Å². The molecule has 0 saturated carbocycles. The van der Waals surface area contributed by atoms with Gasteiger partial charge < -0.3 is 14.5 Å². The van der Waals surface area contributed by atoms with E-state index in [-0.39, 0.29) is 5.91 Å². The Labute approximate surface area is 156 Å². The molecule has 0 spiro atoms. The summed E-state index contributed by atoms with van der Waals surface area (Å²) in [4.78, 5) is 15.5. The first-order chi connectivity index (χ1) is 13.2. The number of aromatic nitrogens is 1. The first-order valence-corrected chi connectivity index (χ1v) is 8.55. The summed E-state index contributed by atoms with van der Waals surface area (Å²) in [6.45, 7) is 0. The molecule has 0 bridgehead atoms. The highest BCUT2D eigenvalue weighted by molar-refractivity contribution is 6.28. The molecule has 6 heteroatoms. The van der Waals surface area contributed by atoms with Gasteiger partial charge in [-0.15, -0.1) is 0 Å². The van der Waals surface area contributed by atoms with Crippen molar-refractivity contribution in [3.05, 3.63) is 65.4 Å². The number of para-hydroxylation sites is 1. The molecule has 1 amide bonds. The van der Waals surface area contributed by atoms with E-state index >= 15 is 0 Å². The van der Waals surface area contributed by atoms with Crippen LogP contribution in [0.15, 0.2) is 59.3 Å². The molecule has 136 valence electrons. The Morgan fingerprint density at radius 1 is 1.07 bits per heavy atom. The van der Waals surface area contributed by atoms with E-state index in [4.69, 9.17) is 9.47 Å². The molecule has 1 aliphatic rings. The average Bonchev–Trinajstić information content (AvgIpc) is 3.26. The van der Waals surface area contributed by atoms with Crippen LogP contribution < -0.4 is 14.9 Å². The number of rotatable bonds is 5.